The van der Waals surface area contributed by atoms with Crippen LogP contribution in [0.4, 0.5) is 10.5 Å². The van der Waals surface area contributed by atoms with Crippen LogP contribution in [-0.2, 0) is 0 Å². The number of carbonyl (C=O) groups excluding carboxylic acids is 1. The number of carbonyl (C=O) groups is 1. The Morgan fingerprint density at radius 2 is 2.08 bits per heavy atom. The Balaban J connectivity index is 2.79. The smallest absolute Gasteiger partial charge is 0.321 e. The number of rotatable bonds is 1. The van der Waals surface area contributed by atoms with Crippen LogP contribution >= 0.6 is 0 Å². The summed E-state index contributed by atoms with van der Waals surface area (Å²) in [5, 5.41) is 9.52. The van der Waals surface area contributed by atoms with Crippen LogP contribution in [0.15, 0.2) is 0 Å². The van der Waals surface area contributed by atoms with Gasteiger partial charge in [-0.15, -0.1) is 0 Å². The van der Waals surface area contributed by atoms with E-state index in [2.05, 4.69) is 15.5 Å². The van der Waals surface area contributed by atoms with E-state index in [0.29, 0.717) is 0 Å². The van der Waals surface area contributed by atoms with Crippen molar-refractivity contribution in [3.05, 3.63) is 11.4 Å². The zero-order valence-electron chi connectivity index (χ0n) is 8.30. The number of urea groups is 1. The average Bonchev–Trinajstić information content (AvgIpc) is 2.35. The summed E-state index contributed by atoms with van der Waals surface area (Å²) in [5.41, 5.74) is 2.43. The van der Waals surface area contributed by atoms with Crippen molar-refractivity contribution in [2.75, 3.05) is 19.4 Å². The van der Waals surface area contributed by atoms with Gasteiger partial charge in [0.05, 0.1) is 17.1 Å². The highest BCUT2D eigenvalue weighted by atomic mass is 16.2. The Bertz CT molecular complexity index is 296. The molecule has 1 rings (SSSR count). The van der Waals surface area contributed by atoms with Crippen LogP contribution in [0.1, 0.15) is 11.4 Å². The average molecular weight is 182 g/mol. The zero-order chi connectivity index (χ0) is 10.0. The Hall–Kier alpha value is -1.52. The van der Waals surface area contributed by atoms with Gasteiger partial charge in [0.25, 0.3) is 0 Å². The molecule has 0 aliphatic heterocycles. The molecule has 0 unspecified atom stereocenters. The Kier molecular flexibility index (Phi) is 2.55. The summed E-state index contributed by atoms with van der Waals surface area (Å²) in [6.45, 7) is 3.71. The van der Waals surface area contributed by atoms with Gasteiger partial charge in [-0.1, -0.05) is 0 Å². The van der Waals surface area contributed by atoms with E-state index >= 15 is 0 Å². The van der Waals surface area contributed by atoms with Gasteiger partial charge in [-0.3, -0.25) is 5.10 Å². The van der Waals surface area contributed by atoms with E-state index in [9.17, 15) is 4.79 Å². The highest BCUT2D eigenvalue weighted by Crippen LogP contribution is 2.15. The first-order chi connectivity index (χ1) is 6.02. The minimum absolute atomic E-state index is 0.146. The number of nitrogens with one attached hydrogen (secondary N) is 2. The van der Waals surface area contributed by atoms with Crippen molar-refractivity contribution in [3.63, 3.8) is 0 Å². The summed E-state index contributed by atoms with van der Waals surface area (Å²) >= 11 is 0. The van der Waals surface area contributed by atoms with Gasteiger partial charge in [-0.2, -0.15) is 5.10 Å². The molecule has 0 radical (unpaired) electrons. The molecule has 5 heteroatoms. The van der Waals surface area contributed by atoms with Gasteiger partial charge in [0, 0.05) is 14.1 Å². The van der Waals surface area contributed by atoms with Gasteiger partial charge in [-0.25, -0.2) is 4.79 Å². The van der Waals surface area contributed by atoms with E-state index in [4.69, 9.17) is 0 Å². The second-order valence-electron chi connectivity index (χ2n) is 3.13. The number of anilines is 1. The van der Waals surface area contributed by atoms with Crippen LogP contribution in [-0.4, -0.2) is 35.2 Å². The van der Waals surface area contributed by atoms with Crippen molar-refractivity contribution in [1.29, 1.82) is 0 Å². The Morgan fingerprint density at radius 1 is 1.46 bits per heavy atom. The van der Waals surface area contributed by atoms with Crippen LogP contribution < -0.4 is 5.32 Å². The van der Waals surface area contributed by atoms with Gasteiger partial charge in [0.1, 0.15) is 0 Å². The molecular weight excluding hydrogens is 168 g/mol. The molecule has 0 aliphatic carbocycles. The summed E-state index contributed by atoms with van der Waals surface area (Å²) in [6.07, 6.45) is 0. The largest absolute Gasteiger partial charge is 0.331 e. The SMILES string of the molecule is Cc1n[nH]c(C)c1NC(=O)N(C)C. The predicted molar refractivity (Wildman–Crippen MR) is 50.8 cm³/mol. The number of H-pyrrole nitrogens is 1. The molecule has 0 saturated heterocycles. The minimum atomic E-state index is -0.146. The lowest BCUT2D eigenvalue weighted by Crippen LogP contribution is -2.27. The lowest BCUT2D eigenvalue weighted by molar-refractivity contribution is 0.230. The number of aromatic amines is 1. The fraction of sp³-hybridized carbons (Fsp3) is 0.500. The third kappa shape index (κ3) is 1.99. The maximum absolute atomic E-state index is 11.3. The maximum atomic E-state index is 11.3. The monoisotopic (exact) mass is 182 g/mol. The molecule has 0 aromatic carbocycles. The molecule has 0 fully saturated rings. The van der Waals surface area contributed by atoms with Gasteiger partial charge >= 0.3 is 6.03 Å². The van der Waals surface area contributed by atoms with Crippen molar-refractivity contribution >= 4 is 11.7 Å². The van der Waals surface area contributed by atoms with Gasteiger partial charge < -0.3 is 10.2 Å². The summed E-state index contributed by atoms with van der Waals surface area (Å²) in [7, 11) is 3.39. The number of aromatic nitrogens is 2. The van der Waals surface area contributed by atoms with Crippen LogP contribution in [0.5, 0.6) is 0 Å². The van der Waals surface area contributed by atoms with Crippen LogP contribution in [0.3, 0.4) is 0 Å². The summed E-state index contributed by atoms with van der Waals surface area (Å²) in [5.74, 6) is 0. The first kappa shape index (κ1) is 9.57. The van der Waals surface area contributed by atoms with Crippen LogP contribution in [0.2, 0.25) is 0 Å². The fourth-order valence-corrected chi connectivity index (χ4v) is 0.954. The third-order valence-corrected chi connectivity index (χ3v) is 1.77. The van der Waals surface area contributed by atoms with E-state index < -0.39 is 0 Å². The Morgan fingerprint density at radius 3 is 2.46 bits per heavy atom. The molecule has 1 aromatic rings. The topological polar surface area (TPSA) is 61.0 Å². The number of hydrogen-bond acceptors (Lipinski definition) is 2. The van der Waals surface area contributed by atoms with E-state index in [-0.39, 0.29) is 6.03 Å². The molecular formula is C8H14N4O. The molecule has 13 heavy (non-hydrogen) atoms. The lowest BCUT2D eigenvalue weighted by atomic mass is 10.3. The number of nitrogens with zero attached hydrogens (tertiary/aromatic N) is 2. The molecule has 72 valence electrons. The van der Waals surface area contributed by atoms with Crippen molar-refractivity contribution in [2.24, 2.45) is 0 Å². The van der Waals surface area contributed by atoms with Crippen LogP contribution in [0.25, 0.3) is 0 Å². The molecule has 5 nitrogen and oxygen atoms in total. The zero-order valence-corrected chi connectivity index (χ0v) is 8.30. The van der Waals surface area contributed by atoms with E-state index in [1.807, 2.05) is 13.8 Å². The van der Waals surface area contributed by atoms with E-state index in [0.717, 1.165) is 17.1 Å². The first-order valence-electron chi connectivity index (χ1n) is 4.02. The van der Waals surface area contributed by atoms with Crippen LogP contribution in [0, 0.1) is 13.8 Å². The van der Waals surface area contributed by atoms with Gasteiger partial charge in [-0.05, 0) is 13.8 Å². The molecule has 1 aromatic heterocycles. The summed E-state index contributed by atoms with van der Waals surface area (Å²) < 4.78 is 0. The molecule has 0 atom stereocenters. The summed E-state index contributed by atoms with van der Waals surface area (Å²) in [6, 6.07) is -0.146. The highest BCUT2D eigenvalue weighted by molar-refractivity contribution is 5.90. The molecule has 1 heterocycles. The molecule has 2 amide bonds. The minimum Gasteiger partial charge on any atom is -0.331 e. The molecule has 2 N–H and O–H groups in total. The number of hydrogen-bond donors (Lipinski definition) is 2. The number of aryl methyl sites for hydroxylation is 2. The van der Waals surface area contributed by atoms with Gasteiger partial charge in [0.15, 0.2) is 0 Å². The molecule has 0 spiro atoms. The standard InChI is InChI=1S/C8H14N4O/c1-5-7(6(2)11-10-5)9-8(13)12(3)4/h1-4H3,(H,9,13)(H,10,11). The first-order valence-corrected chi connectivity index (χ1v) is 4.02. The second-order valence-corrected chi connectivity index (χ2v) is 3.13. The Labute approximate surface area is 77.1 Å². The second kappa shape index (κ2) is 3.47. The lowest BCUT2D eigenvalue weighted by Gasteiger charge is -2.11. The highest BCUT2D eigenvalue weighted by Gasteiger charge is 2.10. The molecule has 0 saturated carbocycles. The van der Waals surface area contributed by atoms with Gasteiger partial charge in [0.2, 0.25) is 0 Å². The fourth-order valence-electron chi connectivity index (χ4n) is 0.954. The maximum Gasteiger partial charge on any atom is 0.321 e. The molecule has 0 aliphatic rings. The van der Waals surface area contributed by atoms with Crippen molar-refractivity contribution in [1.82, 2.24) is 15.1 Å². The summed E-state index contributed by atoms with van der Waals surface area (Å²) in [4.78, 5) is 12.8. The normalized spacial score (nSPS) is 9.85. The van der Waals surface area contributed by atoms with E-state index in [1.54, 1.807) is 14.1 Å². The number of amides is 2. The van der Waals surface area contributed by atoms with Crippen molar-refractivity contribution < 1.29 is 4.79 Å². The predicted octanol–water partition coefficient (Wildman–Crippen LogP) is 1.12. The third-order valence-electron chi connectivity index (χ3n) is 1.77. The van der Waals surface area contributed by atoms with Crippen molar-refractivity contribution in [3.8, 4) is 0 Å². The quantitative estimate of drug-likeness (QED) is 0.683. The van der Waals surface area contributed by atoms with E-state index in [1.165, 1.54) is 4.90 Å². The molecule has 0 bridgehead atoms. The van der Waals surface area contributed by atoms with Crippen molar-refractivity contribution in [2.45, 2.75) is 13.8 Å².